The monoisotopic (exact) mass is 636 g/mol. The van der Waals surface area contributed by atoms with Gasteiger partial charge < -0.3 is 9.97 Å². The van der Waals surface area contributed by atoms with Crippen molar-refractivity contribution in [3.8, 4) is 0 Å². The first-order valence-electron chi connectivity index (χ1n) is 13.0. The van der Waals surface area contributed by atoms with Crippen LogP contribution in [0.25, 0.3) is 0 Å². The van der Waals surface area contributed by atoms with E-state index in [4.69, 9.17) is 23.2 Å². The number of nitrogens with one attached hydrogen (secondary N) is 2. The van der Waals surface area contributed by atoms with E-state index in [1.54, 1.807) is 46.9 Å². The minimum Gasteiger partial charge on any atom is -0.364 e. The molecule has 0 radical (unpaired) electrons. The Morgan fingerprint density at radius 3 is 1.29 bits per heavy atom. The average Bonchev–Trinajstić information content (AvgIpc) is 3.80. The molecule has 0 aliphatic rings. The van der Waals surface area contributed by atoms with Gasteiger partial charge in [0, 0.05) is 43.6 Å². The van der Waals surface area contributed by atoms with Crippen molar-refractivity contribution in [2.24, 2.45) is 0 Å². The highest BCUT2D eigenvalue weighted by Crippen LogP contribution is 2.52. The molecule has 4 heterocycles. The fourth-order valence-corrected chi connectivity index (χ4v) is 10.5. The highest BCUT2D eigenvalue weighted by molar-refractivity contribution is 7.92. The van der Waals surface area contributed by atoms with Gasteiger partial charge in [-0.15, -0.1) is 22.7 Å². The summed E-state index contributed by atoms with van der Waals surface area (Å²) in [4.78, 5) is 8.56. The van der Waals surface area contributed by atoms with Crippen LogP contribution >= 0.6 is 45.9 Å². The summed E-state index contributed by atoms with van der Waals surface area (Å²) in [5.41, 5.74) is 3.02. The van der Waals surface area contributed by atoms with E-state index >= 15 is 8.42 Å². The molecule has 4 unspecified atom stereocenters. The predicted octanol–water partition coefficient (Wildman–Crippen LogP) is 9.63. The van der Waals surface area contributed by atoms with E-state index in [9.17, 15) is 0 Å². The Hall–Kier alpha value is -3.07. The summed E-state index contributed by atoms with van der Waals surface area (Å²) in [7, 11) is -4.01. The molecule has 0 fully saturated rings. The van der Waals surface area contributed by atoms with Crippen molar-refractivity contribution in [1.82, 2.24) is 9.97 Å². The van der Waals surface area contributed by atoms with E-state index in [-0.39, 0.29) is 0 Å². The molecule has 6 rings (SSSR count). The van der Waals surface area contributed by atoms with Gasteiger partial charge in [0.1, 0.15) is 0 Å². The molecule has 0 saturated carbocycles. The van der Waals surface area contributed by atoms with E-state index < -0.39 is 32.2 Å². The van der Waals surface area contributed by atoms with Gasteiger partial charge in [-0.2, -0.15) is 0 Å². The Labute approximate surface area is 257 Å². The van der Waals surface area contributed by atoms with Crippen LogP contribution in [0.5, 0.6) is 0 Å². The molecule has 2 N–H and O–H groups in total. The third-order valence-electron chi connectivity index (χ3n) is 7.32. The van der Waals surface area contributed by atoms with Crippen LogP contribution in [0.4, 0.5) is 0 Å². The van der Waals surface area contributed by atoms with Crippen molar-refractivity contribution >= 4 is 55.7 Å². The van der Waals surface area contributed by atoms with Gasteiger partial charge in [-0.3, -0.25) is 0 Å². The Bertz CT molecular complexity index is 1570. The minimum absolute atomic E-state index is 0.474. The molecule has 6 aromatic rings. The summed E-state index contributed by atoms with van der Waals surface area (Å²) in [5, 5.41) is 3.23. The third kappa shape index (κ3) is 5.70. The third-order valence-corrected chi connectivity index (χ3v) is 12.2. The van der Waals surface area contributed by atoms with Crippen LogP contribution < -0.4 is 0 Å². The molecule has 208 valence electrons. The summed E-state index contributed by atoms with van der Waals surface area (Å²) < 4.78 is 31.2. The SMILES string of the molecule is O=S(=O)(C(c1ccc(Cl)cc1)C(c1ccc[nH]1)c1cccs1)C(c1ccc(Cl)cc1)C(c1ccc[nH]1)c1cccs1. The van der Waals surface area contributed by atoms with E-state index in [1.165, 1.54) is 0 Å². The number of halogens is 2. The van der Waals surface area contributed by atoms with Gasteiger partial charge in [0.2, 0.25) is 0 Å². The predicted molar refractivity (Wildman–Crippen MR) is 171 cm³/mol. The van der Waals surface area contributed by atoms with Crippen molar-refractivity contribution in [3.63, 3.8) is 0 Å². The van der Waals surface area contributed by atoms with Crippen LogP contribution in [0.15, 0.2) is 120 Å². The highest BCUT2D eigenvalue weighted by atomic mass is 35.5. The van der Waals surface area contributed by atoms with Gasteiger partial charge in [-0.25, -0.2) is 8.42 Å². The van der Waals surface area contributed by atoms with Crippen LogP contribution in [-0.4, -0.2) is 18.4 Å². The minimum atomic E-state index is -4.01. The first-order valence-corrected chi connectivity index (χ1v) is 17.1. The molecule has 2 aromatic carbocycles. The maximum absolute atomic E-state index is 15.6. The molecule has 41 heavy (non-hydrogen) atoms. The Morgan fingerprint density at radius 1 is 0.561 bits per heavy atom. The lowest BCUT2D eigenvalue weighted by Gasteiger charge is -2.34. The second-order valence-corrected chi connectivity index (χ2v) is 14.8. The standard InChI is InChI=1S/C32H26Cl2N2O2S3/c33-23-13-9-21(10-14-23)31(29(25-5-1-17-35-25)27-7-3-19-39-27)41(37,38)32(22-11-15-24(34)16-12-22)30(26-6-2-18-36-26)28-8-4-20-40-28/h1-20,29-32,35-36H. The topological polar surface area (TPSA) is 65.7 Å². The summed E-state index contributed by atoms with van der Waals surface area (Å²) in [6, 6.07) is 30.1. The second-order valence-electron chi connectivity index (χ2n) is 9.77. The number of hydrogen-bond donors (Lipinski definition) is 2. The molecule has 0 aliphatic heterocycles. The molecule has 0 saturated heterocycles. The first-order chi connectivity index (χ1) is 19.9. The van der Waals surface area contributed by atoms with E-state index in [1.807, 2.05) is 96.0 Å². The van der Waals surface area contributed by atoms with Crippen LogP contribution in [0.2, 0.25) is 10.0 Å². The van der Waals surface area contributed by atoms with E-state index in [2.05, 4.69) is 9.97 Å². The zero-order chi connectivity index (χ0) is 28.4. The number of aromatic nitrogens is 2. The normalized spacial score (nSPS) is 14.9. The van der Waals surface area contributed by atoms with Gasteiger partial charge in [0.05, 0.1) is 22.3 Å². The zero-order valence-electron chi connectivity index (χ0n) is 21.7. The maximum atomic E-state index is 15.6. The van der Waals surface area contributed by atoms with Gasteiger partial charge in [-0.1, -0.05) is 59.6 Å². The molecular weight excluding hydrogens is 611 g/mol. The average molecular weight is 638 g/mol. The molecule has 4 atom stereocenters. The molecular formula is C32H26Cl2N2O2S3. The van der Waals surface area contributed by atoms with Gasteiger partial charge in [0.15, 0.2) is 9.84 Å². The lowest BCUT2D eigenvalue weighted by Crippen LogP contribution is -2.30. The Kier molecular flexibility index (Phi) is 8.24. The molecule has 0 amide bonds. The highest BCUT2D eigenvalue weighted by Gasteiger charge is 2.47. The Morgan fingerprint density at radius 2 is 0.976 bits per heavy atom. The van der Waals surface area contributed by atoms with Gasteiger partial charge >= 0.3 is 0 Å². The van der Waals surface area contributed by atoms with Crippen molar-refractivity contribution in [2.75, 3.05) is 0 Å². The maximum Gasteiger partial charge on any atom is 0.166 e. The van der Waals surface area contributed by atoms with Gasteiger partial charge in [-0.05, 0) is 82.6 Å². The Balaban J connectivity index is 1.63. The molecule has 0 spiro atoms. The fraction of sp³-hybridized carbons (Fsp3) is 0.125. The summed E-state index contributed by atoms with van der Waals surface area (Å²) in [5.74, 6) is -0.947. The van der Waals surface area contributed by atoms with Crippen LogP contribution in [0, 0.1) is 0 Å². The summed E-state index contributed by atoms with van der Waals surface area (Å²) >= 11 is 15.7. The first kappa shape index (κ1) is 28.1. The fourth-order valence-electron chi connectivity index (χ4n) is 5.55. The van der Waals surface area contributed by atoms with Crippen molar-refractivity contribution in [3.05, 3.63) is 163 Å². The molecule has 9 heteroatoms. The molecule has 4 nitrogen and oxygen atoms in total. The van der Waals surface area contributed by atoms with E-state index in [0.717, 1.165) is 21.1 Å². The smallest absolute Gasteiger partial charge is 0.166 e. The van der Waals surface area contributed by atoms with Crippen molar-refractivity contribution < 1.29 is 8.42 Å². The quantitative estimate of drug-likeness (QED) is 0.157. The number of rotatable bonds is 10. The lowest BCUT2D eigenvalue weighted by molar-refractivity contribution is 0.547. The number of benzene rings is 2. The number of aromatic amines is 2. The van der Waals surface area contributed by atoms with Crippen LogP contribution in [0.3, 0.4) is 0 Å². The number of sulfone groups is 1. The van der Waals surface area contributed by atoms with Crippen molar-refractivity contribution in [2.45, 2.75) is 22.3 Å². The largest absolute Gasteiger partial charge is 0.364 e. The summed E-state index contributed by atoms with van der Waals surface area (Å²) in [6.45, 7) is 0. The second kappa shape index (κ2) is 12.0. The van der Waals surface area contributed by atoms with Gasteiger partial charge in [0.25, 0.3) is 0 Å². The van der Waals surface area contributed by atoms with Crippen molar-refractivity contribution in [1.29, 1.82) is 0 Å². The number of hydrogen-bond acceptors (Lipinski definition) is 4. The van der Waals surface area contributed by atoms with Crippen LogP contribution in [0.1, 0.15) is 54.6 Å². The number of thiophene rings is 2. The zero-order valence-corrected chi connectivity index (χ0v) is 25.6. The van der Waals surface area contributed by atoms with Crippen LogP contribution in [-0.2, 0) is 9.84 Å². The summed E-state index contributed by atoms with van der Waals surface area (Å²) in [6.07, 6.45) is 3.68. The van der Waals surface area contributed by atoms with E-state index in [0.29, 0.717) is 21.2 Å². The lowest BCUT2D eigenvalue weighted by atomic mass is 9.93. The molecule has 4 aromatic heterocycles. The number of H-pyrrole nitrogens is 2. The molecule has 0 bridgehead atoms. The molecule has 0 aliphatic carbocycles.